The average Bonchev–Trinajstić information content (AvgIpc) is 2.25. The van der Waals surface area contributed by atoms with Crippen molar-refractivity contribution in [2.45, 2.75) is 32.9 Å². The molecule has 7 heteroatoms. The van der Waals surface area contributed by atoms with Crippen molar-refractivity contribution in [1.82, 2.24) is 0 Å². The lowest BCUT2D eigenvalue weighted by Gasteiger charge is -2.23. The molecular formula is C12H17N3O3S. The predicted octanol–water partition coefficient (Wildman–Crippen LogP) is 1.28. The minimum Gasteiger partial charge on any atom is -0.490 e. The summed E-state index contributed by atoms with van der Waals surface area (Å²) in [5.74, 6) is 0.575. The highest BCUT2D eigenvalue weighted by Gasteiger charge is 2.28. The molecule has 0 unspecified atom stereocenters. The molecule has 6 nitrogen and oxygen atoms in total. The fourth-order valence-electron chi connectivity index (χ4n) is 1.88. The third kappa shape index (κ3) is 2.87. The van der Waals surface area contributed by atoms with Crippen LogP contribution in [0.25, 0.3) is 0 Å². The molecule has 0 spiro atoms. The van der Waals surface area contributed by atoms with Crippen LogP contribution in [0.4, 0.5) is 5.69 Å². The van der Waals surface area contributed by atoms with Crippen LogP contribution in [0.2, 0.25) is 0 Å². The molecule has 1 atom stereocenters. The maximum absolute atomic E-state index is 11.7. The van der Waals surface area contributed by atoms with Gasteiger partial charge in [0.2, 0.25) is 0 Å². The Morgan fingerprint density at radius 3 is 2.58 bits per heavy atom. The van der Waals surface area contributed by atoms with Gasteiger partial charge in [0.05, 0.1) is 23.1 Å². The largest absolute Gasteiger partial charge is 0.490 e. The van der Waals surface area contributed by atoms with Crippen molar-refractivity contribution in [3.05, 3.63) is 23.8 Å². The maximum Gasteiger partial charge on any atom is 0.342 e. The molecule has 1 heterocycles. The van der Waals surface area contributed by atoms with E-state index in [0.29, 0.717) is 22.7 Å². The molecule has 19 heavy (non-hydrogen) atoms. The van der Waals surface area contributed by atoms with Crippen LogP contribution in [-0.2, 0) is 10.2 Å². The minimum absolute atomic E-state index is 0.0284. The molecule has 0 aliphatic carbocycles. The molecule has 2 rings (SSSR count). The summed E-state index contributed by atoms with van der Waals surface area (Å²) in [6.45, 7) is 5.49. The van der Waals surface area contributed by atoms with E-state index >= 15 is 0 Å². The van der Waals surface area contributed by atoms with Gasteiger partial charge in [0.25, 0.3) is 0 Å². The summed E-state index contributed by atoms with van der Waals surface area (Å²) in [6, 6.07) is 4.66. The predicted molar refractivity (Wildman–Crippen MR) is 74.9 cm³/mol. The Morgan fingerprint density at radius 1 is 1.32 bits per heavy atom. The Labute approximate surface area is 112 Å². The fourth-order valence-corrected chi connectivity index (χ4v) is 2.89. The third-order valence-electron chi connectivity index (χ3n) is 2.53. The number of hydrogen-bond donors (Lipinski definition) is 2. The van der Waals surface area contributed by atoms with Crippen LogP contribution in [0.1, 0.15) is 26.3 Å². The Bertz CT molecular complexity index is 621. The topological polar surface area (TPSA) is 93.8 Å². The lowest BCUT2D eigenvalue weighted by molar-refractivity contribution is 0.242. The van der Waals surface area contributed by atoms with E-state index in [1.54, 1.807) is 25.1 Å². The van der Waals surface area contributed by atoms with Gasteiger partial charge >= 0.3 is 10.2 Å². The van der Waals surface area contributed by atoms with Gasteiger partial charge in [-0.2, -0.15) is 8.42 Å². The quantitative estimate of drug-likeness (QED) is 0.873. The van der Waals surface area contributed by atoms with Gasteiger partial charge in [-0.1, -0.05) is 6.07 Å². The lowest BCUT2D eigenvalue weighted by Crippen LogP contribution is -2.34. The summed E-state index contributed by atoms with van der Waals surface area (Å²) in [4.78, 5) is 0. The third-order valence-corrected chi connectivity index (χ3v) is 3.45. The normalized spacial score (nSPS) is 18.3. The Kier molecular flexibility index (Phi) is 3.51. The van der Waals surface area contributed by atoms with Crippen LogP contribution in [0.5, 0.6) is 5.75 Å². The van der Waals surface area contributed by atoms with Crippen molar-refractivity contribution in [3.8, 4) is 5.75 Å². The number of nitrogens with zero attached hydrogens (tertiary/aromatic N) is 1. The number of nitrogens with one attached hydrogen (secondary N) is 1. The second-order valence-electron chi connectivity index (χ2n) is 4.69. The first-order chi connectivity index (χ1) is 8.80. The van der Waals surface area contributed by atoms with Crippen LogP contribution in [-0.4, -0.2) is 26.3 Å². The monoisotopic (exact) mass is 283 g/mol. The molecule has 1 aromatic rings. The van der Waals surface area contributed by atoms with E-state index < -0.39 is 16.3 Å². The van der Waals surface area contributed by atoms with Gasteiger partial charge in [-0.25, -0.2) is 0 Å². The zero-order valence-electron chi connectivity index (χ0n) is 11.0. The van der Waals surface area contributed by atoms with Gasteiger partial charge in [0, 0.05) is 6.04 Å². The van der Waals surface area contributed by atoms with Gasteiger partial charge in [-0.3, -0.25) is 4.72 Å². The van der Waals surface area contributed by atoms with Crippen LogP contribution in [0.15, 0.2) is 22.6 Å². The van der Waals surface area contributed by atoms with E-state index in [0.717, 1.165) is 0 Å². The van der Waals surface area contributed by atoms with E-state index in [2.05, 4.69) is 9.12 Å². The highest BCUT2D eigenvalue weighted by Crippen LogP contribution is 2.32. The summed E-state index contributed by atoms with van der Waals surface area (Å²) in [7, 11) is -3.73. The Morgan fingerprint density at radius 2 is 2.00 bits per heavy atom. The lowest BCUT2D eigenvalue weighted by atomic mass is 10.0. The highest BCUT2D eigenvalue weighted by atomic mass is 32.2. The Balaban J connectivity index is 2.63. The van der Waals surface area contributed by atoms with Crippen LogP contribution in [0.3, 0.4) is 0 Å². The molecule has 0 saturated heterocycles. The molecule has 0 fully saturated rings. The summed E-state index contributed by atoms with van der Waals surface area (Å²) in [6.07, 6.45) is -0.0284. The summed E-state index contributed by atoms with van der Waals surface area (Å²) >= 11 is 0. The molecule has 1 aliphatic rings. The number of nitrogens with two attached hydrogens (primary N) is 1. The van der Waals surface area contributed by atoms with E-state index in [-0.39, 0.29) is 6.10 Å². The molecule has 0 saturated carbocycles. The van der Waals surface area contributed by atoms with Crippen molar-refractivity contribution >= 4 is 21.6 Å². The van der Waals surface area contributed by atoms with Crippen LogP contribution in [0, 0.1) is 0 Å². The van der Waals surface area contributed by atoms with Gasteiger partial charge in [-0.15, -0.1) is 4.40 Å². The van der Waals surface area contributed by atoms with Gasteiger partial charge in [0.15, 0.2) is 0 Å². The number of anilines is 1. The molecule has 0 radical (unpaired) electrons. The average molecular weight is 283 g/mol. The highest BCUT2D eigenvalue weighted by molar-refractivity contribution is 7.91. The van der Waals surface area contributed by atoms with Crippen molar-refractivity contribution in [2.24, 2.45) is 10.1 Å². The number of benzene rings is 1. The molecule has 1 aromatic carbocycles. The SMILES string of the molecule is CC(C)Oc1cccc2c1C([C@@H](C)N)=NS(=O)(=O)N2. The van der Waals surface area contributed by atoms with Gasteiger partial charge < -0.3 is 10.5 Å². The summed E-state index contributed by atoms with van der Waals surface area (Å²) < 4.78 is 35.1. The molecule has 3 N–H and O–H groups in total. The zero-order valence-corrected chi connectivity index (χ0v) is 11.9. The smallest absolute Gasteiger partial charge is 0.342 e. The fraction of sp³-hybridized carbons (Fsp3) is 0.417. The second kappa shape index (κ2) is 4.82. The van der Waals surface area contributed by atoms with E-state index in [9.17, 15) is 8.42 Å². The summed E-state index contributed by atoms with van der Waals surface area (Å²) in [5.41, 5.74) is 7.19. The first-order valence-electron chi connectivity index (χ1n) is 5.98. The van der Waals surface area contributed by atoms with Crippen molar-refractivity contribution < 1.29 is 13.2 Å². The van der Waals surface area contributed by atoms with Crippen LogP contribution < -0.4 is 15.2 Å². The number of fused-ring (bicyclic) bond motifs is 1. The first-order valence-corrected chi connectivity index (χ1v) is 7.42. The summed E-state index contributed by atoms with van der Waals surface area (Å²) in [5, 5.41) is 0. The first kappa shape index (κ1) is 13.8. The van der Waals surface area contributed by atoms with E-state index in [1.807, 2.05) is 13.8 Å². The maximum atomic E-state index is 11.7. The van der Waals surface area contributed by atoms with Crippen molar-refractivity contribution in [1.29, 1.82) is 0 Å². The van der Waals surface area contributed by atoms with Gasteiger partial charge in [0.1, 0.15) is 5.75 Å². The van der Waals surface area contributed by atoms with E-state index in [4.69, 9.17) is 10.5 Å². The van der Waals surface area contributed by atoms with Gasteiger partial charge in [-0.05, 0) is 32.9 Å². The standard InChI is InChI=1S/C12H17N3O3S/c1-7(2)18-10-6-4-5-9-11(10)12(8(3)13)15-19(16,17)14-9/h4-8,14H,13H2,1-3H3/t8-/m1/s1. The van der Waals surface area contributed by atoms with E-state index in [1.165, 1.54) is 0 Å². The molecule has 1 aliphatic heterocycles. The zero-order chi connectivity index (χ0) is 14.2. The molecular weight excluding hydrogens is 266 g/mol. The van der Waals surface area contributed by atoms with Crippen molar-refractivity contribution in [3.63, 3.8) is 0 Å². The molecule has 104 valence electrons. The number of hydrogen-bond acceptors (Lipinski definition) is 4. The van der Waals surface area contributed by atoms with Crippen LogP contribution >= 0.6 is 0 Å². The number of rotatable bonds is 3. The minimum atomic E-state index is -3.73. The second-order valence-corrected chi connectivity index (χ2v) is 6.02. The molecule has 0 bridgehead atoms. The molecule has 0 aromatic heterocycles. The number of ether oxygens (including phenoxy) is 1. The Hall–Kier alpha value is -1.60. The van der Waals surface area contributed by atoms with Crippen molar-refractivity contribution in [2.75, 3.05) is 4.72 Å². The molecule has 0 amide bonds.